The van der Waals surface area contributed by atoms with E-state index in [-0.39, 0.29) is 6.04 Å². The van der Waals surface area contributed by atoms with E-state index in [4.69, 9.17) is 0 Å². The molecule has 1 heterocycles. The fourth-order valence-corrected chi connectivity index (χ4v) is 2.76. The van der Waals surface area contributed by atoms with E-state index in [2.05, 4.69) is 18.7 Å². The van der Waals surface area contributed by atoms with Crippen LogP contribution in [0.2, 0.25) is 0 Å². The lowest BCUT2D eigenvalue weighted by atomic mass is 9.90. The molecule has 0 saturated carbocycles. The van der Waals surface area contributed by atoms with Crippen LogP contribution in [0.3, 0.4) is 0 Å². The quantitative estimate of drug-likeness (QED) is 0.653. The van der Waals surface area contributed by atoms with Crippen LogP contribution in [-0.2, 0) is 0 Å². The minimum absolute atomic E-state index is 0.0386. The highest BCUT2D eigenvalue weighted by atomic mass is 16.4. The molecule has 0 amide bonds. The van der Waals surface area contributed by atoms with E-state index >= 15 is 0 Å². The summed E-state index contributed by atoms with van der Waals surface area (Å²) in [6, 6.07) is 0.338. The molecule has 1 rings (SSSR count). The summed E-state index contributed by atoms with van der Waals surface area (Å²) in [4.78, 5) is 2.15. The number of hydrogen-bond donors (Lipinski definition) is 3. The first-order valence-electron chi connectivity index (χ1n) is 6.36. The van der Waals surface area contributed by atoms with E-state index in [0.29, 0.717) is 12.6 Å². The third-order valence-electron chi connectivity index (χ3n) is 3.79. The third kappa shape index (κ3) is 2.56. The number of β-amino-alcohol motifs (C(OH)–C–C–N with tert-alkyl or cyclic N) is 1. The molecule has 1 aliphatic heterocycles. The van der Waals surface area contributed by atoms with Crippen molar-refractivity contribution in [1.82, 2.24) is 4.90 Å². The van der Waals surface area contributed by atoms with Gasteiger partial charge in [-0.3, -0.25) is 4.90 Å². The van der Waals surface area contributed by atoms with Crippen molar-refractivity contribution >= 4 is 0 Å². The summed E-state index contributed by atoms with van der Waals surface area (Å²) >= 11 is 0. The number of aliphatic hydroxyl groups is 3. The van der Waals surface area contributed by atoms with E-state index in [1.54, 1.807) is 0 Å². The fourth-order valence-electron chi connectivity index (χ4n) is 2.76. The zero-order chi connectivity index (χ0) is 12.3. The zero-order valence-corrected chi connectivity index (χ0v) is 10.5. The van der Waals surface area contributed by atoms with Crippen molar-refractivity contribution < 1.29 is 15.3 Å². The molecule has 0 spiro atoms. The van der Waals surface area contributed by atoms with E-state index in [9.17, 15) is 15.3 Å². The first-order chi connectivity index (χ1) is 7.56. The van der Waals surface area contributed by atoms with E-state index in [1.165, 1.54) is 0 Å². The fraction of sp³-hybridized carbons (Fsp3) is 1.00. The highest BCUT2D eigenvalue weighted by Crippen LogP contribution is 2.25. The van der Waals surface area contributed by atoms with Crippen molar-refractivity contribution in [1.29, 1.82) is 0 Å². The number of piperidine rings is 1. The average Bonchev–Trinajstić information content (AvgIpc) is 2.28. The number of nitrogens with zero attached hydrogens (tertiary/aromatic N) is 1. The van der Waals surface area contributed by atoms with Gasteiger partial charge in [-0.1, -0.05) is 20.8 Å². The molecule has 4 heteroatoms. The maximum absolute atomic E-state index is 9.97. The molecular formula is C12H25NO3. The normalized spacial score (nSPS) is 36.9. The molecular weight excluding hydrogens is 206 g/mol. The maximum atomic E-state index is 9.97. The van der Waals surface area contributed by atoms with Gasteiger partial charge in [-0.05, 0) is 19.3 Å². The van der Waals surface area contributed by atoms with Gasteiger partial charge in [-0.15, -0.1) is 0 Å². The van der Waals surface area contributed by atoms with Crippen molar-refractivity contribution in [2.24, 2.45) is 0 Å². The average molecular weight is 231 g/mol. The smallest absolute Gasteiger partial charge is 0.108 e. The molecule has 1 aliphatic rings. The SMILES string of the molecule is CCC(CC)N1C[C@H](O)[C@@H](O)[C@H](O)[C@@H]1CC. The minimum Gasteiger partial charge on any atom is -0.389 e. The van der Waals surface area contributed by atoms with E-state index in [1.807, 2.05) is 6.92 Å². The molecule has 0 aromatic heterocycles. The van der Waals surface area contributed by atoms with Crippen LogP contribution in [0.15, 0.2) is 0 Å². The van der Waals surface area contributed by atoms with Gasteiger partial charge in [0.2, 0.25) is 0 Å². The Labute approximate surface area is 97.9 Å². The van der Waals surface area contributed by atoms with Gasteiger partial charge in [-0.25, -0.2) is 0 Å². The summed E-state index contributed by atoms with van der Waals surface area (Å²) in [5.74, 6) is 0. The topological polar surface area (TPSA) is 63.9 Å². The molecule has 16 heavy (non-hydrogen) atoms. The molecule has 0 unspecified atom stereocenters. The van der Waals surface area contributed by atoms with Gasteiger partial charge in [0.1, 0.15) is 6.10 Å². The summed E-state index contributed by atoms with van der Waals surface area (Å²) in [6.45, 7) is 6.70. The first kappa shape index (κ1) is 13.9. The van der Waals surface area contributed by atoms with Gasteiger partial charge >= 0.3 is 0 Å². The van der Waals surface area contributed by atoms with Gasteiger partial charge in [-0.2, -0.15) is 0 Å². The van der Waals surface area contributed by atoms with E-state index in [0.717, 1.165) is 19.3 Å². The molecule has 0 bridgehead atoms. The Morgan fingerprint density at radius 2 is 1.62 bits per heavy atom. The molecule has 3 N–H and O–H groups in total. The molecule has 0 aromatic carbocycles. The highest BCUT2D eigenvalue weighted by Gasteiger charge is 2.41. The monoisotopic (exact) mass is 231 g/mol. The maximum Gasteiger partial charge on any atom is 0.108 e. The lowest BCUT2D eigenvalue weighted by Crippen LogP contribution is -2.63. The number of hydrogen-bond acceptors (Lipinski definition) is 4. The molecule has 1 fully saturated rings. The predicted octanol–water partition coefficient (Wildman–Crippen LogP) is 0.352. The van der Waals surface area contributed by atoms with Crippen LogP contribution in [0.5, 0.6) is 0 Å². The van der Waals surface area contributed by atoms with Crippen LogP contribution in [0, 0.1) is 0 Å². The summed E-state index contributed by atoms with van der Waals surface area (Å²) in [5.41, 5.74) is 0. The Morgan fingerprint density at radius 1 is 1.06 bits per heavy atom. The molecule has 96 valence electrons. The molecule has 4 atom stereocenters. The zero-order valence-electron chi connectivity index (χ0n) is 10.5. The Balaban J connectivity index is 2.81. The van der Waals surface area contributed by atoms with Crippen LogP contribution in [0.25, 0.3) is 0 Å². The van der Waals surface area contributed by atoms with Gasteiger partial charge in [0, 0.05) is 18.6 Å². The van der Waals surface area contributed by atoms with Gasteiger partial charge in [0.25, 0.3) is 0 Å². The molecule has 0 aliphatic carbocycles. The second-order valence-electron chi connectivity index (χ2n) is 4.69. The van der Waals surface area contributed by atoms with Crippen LogP contribution >= 0.6 is 0 Å². The van der Waals surface area contributed by atoms with Crippen LogP contribution in [0.1, 0.15) is 40.0 Å². The lowest BCUT2D eigenvalue weighted by molar-refractivity contribution is -0.147. The van der Waals surface area contributed by atoms with E-state index < -0.39 is 18.3 Å². The molecule has 0 radical (unpaired) electrons. The summed E-state index contributed by atoms with van der Waals surface area (Å²) < 4.78 is 0. The van der Waals surface area contributed by atoms with Crippen molar-refractivity contribution in [2.45, 2.75) is 70.4 Å². The second kappa shape index (κ2) is 5.96. The molecule has 4 nitrogen and oxygen atoms in total. The lowest BCUT2D eigenvalue weighted by Gasteiger charge is -2.47. The predicted molar refractivity (Wildman–Crippen MR) is 63.2 cm³/mol. The summed E-state index contributed by atoms with van der Waals surface area (Å²) in [7, 11) is 0. The Bertz CT molecular complexity index is 208. The van der Waals surface area contributed by atoms with Gasteiger partial charge in [0.05, 0.1) is 12.2 Å². The van der Waals surface area contributed by atoms with Gasteiger partial charge in [0.15, 0.2) is 0 Å². The highest BCUT2D eigenvalue weighted by molar-refractivity contribution is 4.95. The van der Waals surface area contributed by atoms with Crippen LogP contribution in [-0.4, -0.2) is 57.2 Å². The number of aliphatic hydroxyl groups excluding tert-OH is 3. The standard InChI is InChI=1S/C12H25NO3/c1-4-8(5-2)13-7-10(14)12(16)11(15)9(13)6-3/h8-12,14-16H,4-7H2,1-3H3/t9-,10-,11+,12+/m0/s1. The second-order valence-corrected chi connectivity index (χ2v) is 4.69. The Kier molecular flexibility index (Phi) is 5.18. The van der Waals surface area contributed by atoms with Crippen LogP contribution in [0.4, 0.5) is 0 Å². The number of rotatable bonds is 4. The van der Waals surface area contributed by atoms with Crippen LogP contribution < -0.4 is 0 Å². The third-order valence-corrected chi connectivity index (χ3v) is 3.79. The summed E-state index contributed by atoms with van der Waals surface area (Å²) in [6.07, 6.45) is 0.121. The first-order valence-corrected chi connectivity index (χ1v) is 6.36. The Morgan fingerprint density at radius 3 is 2.06 bits per heavy atom. The largest absolute Gasteiger partial charge is 0.389 e. The Hall–Kier alpha value is -0.160. The van der Waals surface area contributed by atoms with Crippen molar-refractivity contribution in [2.75, 3.05) is 6.54 Å². The summed E-state index contributed by atoms with van der Waals surface area (Å²) in [5, 5.41) is 29.4. The van der Waals surface area contributed by atoms with Crippen molar-refractivity contribution in [3.63, 3.8) is 0 Å². The number of likely N-dealkylation sites (tertiary alicyclic amines) is 1. The van der Waals surface area contributed by atoms with Crippen molar-refractivity contribution in [3.8, 4) is 0 Å². The van der Waals surface area contributed by atoms with Crippen molar-refractivity contribution in [3.05, 3.63) is 0 Å². The van der Waals surface area contributed by atoms with Gasteiger partial charge < -0.3 is 15.3 Å². The molecule has 1 saturated heterocycles. The minimum atomic E-state index is -1.00. The molecule has 0 aromatic rings.